The summed E-state index contributed by atoms with van der Waals surface area (Å²) in [6.45, 7) is 0.542. The average Bonchev–Trinajstić information content (AvgIpc) is 3.11. The average molecular weight is 343 g/mol. The lowest BCUT2D eigenvalue weighted by molar-refractivity contribution is -0.141. The Kier molecular flexibility index (Phi) is 4.92. The number of nitrogens with zero attached hydrogens (tertiary/aromatic N) is 2. The van der Waals surface area contributed by atoms with Gasteiger partial charge in [0, 0.05) is 19.3 Å². The summed E-state index contributed by atoms with van der Waals surface area (Å²) in [5, 5.41) is 11.9. The molecule has 0 saturated carbocycles. The van der Waals surface area contributed by atoms with Crippen molar-refractivity contribution in [1.29, 1.82) is 0 Å². The molecule has 1 aromatic heterocycles. The number of hydrogen-bond acceptors (Lipinski definition) is 3. The van der Waals surface area contributed by atoms with Crippen LogP contribution in [0.1, 0.15) is 23.7 Å². The highest BCUT2D eigenvalue weighted by molar-refractivity contribution is 5.78. The molecule has 7 heteroatoms. The number of halogens is 1. The van der Waals surface area contributed by atoms with E-state index in [2.05, 4.69) is 10.3 Å². The van der Waals surface area contributed by atoms with Gasteiger partial charge in [0.25, 0.3) is 0 Å². The van der Waals surface area contributed by atoms with Crippen LogP contribution in [0.4, 0.5) is 9.18 Å². The van der Waals surface area contributed by atoms with Crippen LogP contribution in [-0.4, -0.2) is 40.1 Å². The van der Waals surface area contributed by atoms with E-state index in [9.17, 15) is 14.0 Å². The number of likely N-dealkylation sites (tertiary alicyclic amines) is 1. The van der Waals surface area contributed by atoms with Gasteiger partial charge in [-0.15, -0.1) is 0 Å². The second-order valence-electron chi connectivity index (χ2n) is 5.96. The Morgan fingerprint density at radius 1 is 1.28 bits per heavy atom. The number of carbonyl (C=O) groups is 2. The molecule has 0 spiro atoms. The van der Waals surface area contributed by atoms with E-state index in [1.807, 2.05) is 0 Å². The molecule has 2 unspecified atom stereocenters. The van der Waals surface area contributed by atoms with Crippen molar-refractivity contribution < 1.29 is 19.1 Å². The molecule has 2 atom stereocenters. The molecule has 2 amide bonds. The summed E-state index contributed by atoms with van der Waals surface area (Å²) in [5.41, 5.74) is 1.15. The van der Waals surface area contributed by atoms with Crippen molar-refractivity contribution in [3.63, 3.8) is 0 Å². The lowest BCUT2D eigenvalue weighted by Gasteiger charge is -2.23. The Morgan fingerprint density at radius 2 is 2.12 bits per heavy atom. The molecule has 25 heavy (non-hydrogen) atoms. The first-order chi connectivity index (χ1) is 12.0. The van der Waals surface area contributed by atoms with Gasteiger partial charge in [0.15, 0.2) is 0 Å². The summed E-state index contributed by atoms with van der Waals surface area (Å²) in [6, 6.07) is 10.3. The van der Waals surface area contributed by atoms with Crippen molar-refractivity contribution in [1.82, 2.24) is 15.2 Å². The number of aliphatic carboxylic acids is 1. The number of urea groups is 1. The van der Waals surface area contributed by atoms with Crippen molar-refractivity contribution in [3.8, 4) is 0 Å². The van der Waals surface area contributed by atoms with Crippen LogP contribution in [0.25, 0.3) is 0 Å². The van der Waals surface area contributed by atoms with Crippen LogP contribution in [0.15, 0.2) is 48.7 Å². The topological polar surface area (TPSA) is 82.5 Å². The summed E-state index contributed by atoms with van der Waals surface area (Å²) < 4.78 is 13.6. The number of carbonyl (C=O) groups excluding carboxylic acids is 1. The molecular weight excluding hydrogens is 325 g/mol. The van der Waals surface area contributed by atoms with E-state index in [1.54, 1.807) is 36.5 Å². The summed E-state index contributed by atoms with van der Waals surface area (Å²) in [5.74, 6) is -1.85. The molecule has 2 N–H and O–H groups in total. The van der Waals surface area contributed by atoms with Crippen LogP contribution in [0.2, 0.25) is 0 Å². The molecule has 6 nitrogen and oxygen atoms in total. The number of rotatable bonds is 4. The van der Waals surface area contributed by atoms with E-state index >= 15 is 0 Å². The number of nitrogens with one attached hydrogen (secondary N) is 1. The van der Waals surface area contributed by atoms with Gasteiger partial charge in [-0.05, 0) is 36.2 Å². The monoisotopic (exact) mass is 343 g/mol. The van der Waals surface area contributed by atoms with Crippen LogP contribution in [0.3, 0.4) is 0 Å². The van der Waals surface area contributed by atoms with Gasteiger partial charge < -0.3 is 15.3 Å². The molecule has 2 heterocycles. The van der Waals surface area contributed by atoms with Crippen molar-refractivity contribution in [2.75, 3.05) is 13.1 Å². The third-order valence-electron chi connectivity index (χ3n) is 4.26. The van der Waals surface area contributed by atoms with Gasteiger partial charge in [0.05, 0.1) is 17.7 Å². The highest BCUT2D eigenvalue weighted by Crippen LogP contribution is 2.23. The normalized spacial score (nSPS) is 18.0. The third kappa shape index (κ3) is 3.93. The lowest BCUT2D eigenvalue weighted by Crippen LogP contribution is -2.41. The van der Waals surface area contributed by atoms with E-state index in [0.29, 0.717) is 24.2 Å². The zero-order valence-corrected chi connectivity index (χ0v) is 13.4. The fourth-order valence-corrected chi connectivity index (χ4v) is 2.92. The van der Waals surface area contributed by atoms with E-state index in [4.69, 9.17) is 5.11 Å². The fraction of sp³-hybridized carbons (Fsp3) is 0.278. The molecule has 1 aliphatic heterocycles. The Morgan fingerprint density at radius 3 is 2.76 bits per heavy atom. The minimum Gasteiger partial charge on any atom is -0.481 e. The Balaban J connectivity index is 1.81. The molecule has 0 radical (unpaired) electrons. The molecule has 1 saturated heterocycles. The van der Waals surface area contributed by atoms with Gasteiger partial charge in [0.1, 0.15) is 5.82 Å². The van der Waals surface area contributed by atoms with Crippen LogP contribution < -0.4 is 5.32 Å². The summed E-state index contributed by atoms with van der Waals surface area (Å²) >= 11 is 0. The van der Waals surface area contributed by atoms with Gasteiger partial charge in [-0.1, -0.05) is 18.2 Å². The Labute approximate surface area is 144 Å². The molecular formula is C18H18FN3O3. The van der Waals surface area contributed by atoms with Gasteiger partial charge in [-0.25, -0.2) is 9.18 Å². The van der Waals surface area contributed by atoms with Crippen molar-refractivity contribution in [3.05, 3.63) is 65.7 Å². The summed E-state index contributed by atoms with van der Waals surface area (Å²) in [4.78, 5) is 29.3. The zero-order chi connectivity index (χ0) is 17.8. The number of pyridine rings is 1. The van der Waals surface area contributed by atoms with Crippen molar-refractivity contribution >= 4 is 12.0 Å². The van der Waals surface area contributed by atoms with Gasteiger partial charge in [-0.2, -0.15) is 0 Å². The predicted octanol–water partition coefficient (Wildman–Crippen LogP) is 2.43. The molecule has 130 valence electrons. The predicted molar refractivity (Wildman–Crippen MR) is 88.3 cm³/mol. The van der Waals surface area contributed by atoms with Crippen molar-refractivity contribution in [2.45, 2.75) is 12.5 Å². The van der Waals surface area contributed by atoms with Crippen molar-refractivity contribution in [2.24, 2.45) is 5.92 Å². The highest BCUT2D eigenvalue weighted by Gasteiger charge is 2.32. The summed E-state index contributed by atoms with van der Waals surface area (Å²) in [6.07, 6.45) is 2.03. The molecule has 1 aromatic carbocycles. The first kappa shape index (κ1) is 16.9. The van der Waals surface area contributed by atoms with Gasteiger partial charge in [-0.3, -0.25) is 9.78 Å². The number of hydrogen-bond donors (Lipinski definition) is 2. The maximum atomic E-state index is 13.6. The maximum Gasteiger partial charge on any atom is 0.318 e. The SMILES string of the molecule is O=C(O)C1CCN(C(=O)NC(c2cccc(F)c2)c2ccccn2)C1. The first-order valence-corrected chi connectivity index (χ1v) is 7.99. The van der Waals surface area contributed by atoms with E-state index < -0.39 is 23.7 Å². The minimum absolute atomic E-state index is 0.166. The quantitative estimate of drug-likeness (QED) is 0.893. The Hall–Kier alpha value is -2.96. The fourth-order valence-electron chi connectivity index (χ4n) is 2.92. The van der Waals surface area contributed by atoms with Crippen LogP contribution in [0.5, 0.6) is 0 Å². The lowest BCUT2D eigenvalue weighted by atomic mass is 10.0. The Bertz CT molecular complexity index is 769. The van der Waals surface area contributed by atoms with Gasteiger partial charge >= 0.3 is 12.0 Å². The second-order valence-corrected chi connectivity index (χ2v) is 5.96. The third-order valence-corrected chi connectivity index (χ3v) is 4.26. The molecule has 1 fully saturated rings. The number of carboxylic acid groups (broad SMARTS) is 1. The zero-order valence-electron chi connectivity index (χ0n) is 13.4. The number of amides is 2. The van der Waals surface area contributed by atoms with Crippen LogP contribution in [-0.2, 0) is 4.79 Å². The molecule has 2 aromatic rings. The van der Waals surface area contributed by atoms with E-state index in [0.717, 1.165) is 0 Å². The number of carboxylic acids is 1. The molecule has 0 bridgehead atoms. The highest BCUT2D eigenvalue weighted by atomic mass is 19.1. The summed E-state index contributed by atoms with van der Waals surface area (Å²) in [7, 11) is 0. The molecule has 0 aliphatic carbocycles. The van der Waals surface area contributed by atoms with E-state index in [-0.39, 0.29) is 12.6 Å². The standard InChI is InChI=1S/C18H18FN3O3/c19-14-5-3-4-12(10-14)16(15-6-1-2-8-20-15)21-18(25)22-9-7-13(11-22)17(23)24/h1-6,8,10,13,16H,7,9,11H2,(H,21,25)(H,23,24). The first-order valence-electron chi connectivity index (χ1n) is 7.99. The number of benzene rings is 1. The minimum atomic E-state index is -0.901. The van der Waals surface area contributed by atoms with E-state index in [1.165, 1.54) is 17.0 Å². The molecule has 3 rings (SSSR count). The van der Waals surface area contributed by atoms with Gasteiger partial charge in [0.2, 0.25) is 0 Å². The number of aromatic nitrogens is 1. The smallest absolute Gasteiger partial charge is 0.318 e. The molecule has 1 aliphatic rings. The second kappa shape index (κ2) is 7.29. The van der Waals surface area contributed by atoms with Crippen LogP contribution in [0, 0.1) is 11.7 Å². The van der Waals surface area contributed by atoms with Crippen LogP contribution >= 0.6 is 0 Å². The maximum absolute atomic E-state index is 13.6. The largest absolute Gasteiger partial charge is 0.481 e.